The Morgan fingerprint density at radius 2 is 2.19 bits per heavy atom. The maximum atomic E-state index is 12.5. The average molecular weight is 366 g/mol. The number of rotatable bonds is 4. The van der Waals surface area contributed by atoms with E-state index in [1.165, 1.54) is 11.3 Å². The van der Waals surface area contributed by atoms with Crippen molar-refractivity contribution < 1.29 is 4.79 Å². The summed E-state index contributed by atoms with van der Waals surface area (Å²) in [5.41, 5.74) is 1.72. The minimum atomic E-state index is -0.0764. The molecule has 0 spiro atoms. The Labute approximate surface area is 155 Å². The van der Waals surface area contributed by atoms with E-state index in [0.717, 1.165) is 36.5 Å². The Morgan fingerprint density at radius 3 is 2.92 bits per heavy atom. The highest BCUT2D eigenvalue weighted by molar-refractivity contribution is 7.13. The minimum Gasteiger partial charge on any atom is -0.354 e. The van der Waals surface area contributed by atoms with E-state index in [9.17, 15) is 4.79 Å². The van der Waals surface area contributed by atoms with Gasteiger partial charge in [0.25, 0.3) is 0 Å². The SMILES string of the molecule is O=C(Nc1nccs1)C1CCCN(c2ccc(-c3cccnc3)nn2)C1. The molecule has 0 saturated carbocycles. The van der Waals surface area contributed by atoms with E-state index in [0.29, 0.717) is 11.7 Å². The van der Waals surface area contributed by atoms with Gasteiger partial charge in [0.05, 0.1) is 11.6 Å². The minimum absolute atomic E-state index is 0.0181. The summed E-state index contributed by atoms with van der Waals surface area (Å²) in [6, 6.07) is 7.73. The second-order valence-corrected chi connectivity index (χ2v) is 7.02. The molecule has 1 N–H and O–H groups in total. The molecule has 8 heteroatoms. The Bertz CT molecular complexity index is 853. The molecular weight excluding hydrogens is 348 g/mol. The molecule has 4 rings (SSSR count). The zero-order chi connectivity index (χ0) is 17.8. The molecule has 1 amide bonds. The molecule has 0 aromatic carbocycles. The first-order chi connectivity index (χ1) is 12.8. The third-order valence-electron chi connectivity index (χ3n) is 4.39. The van der Waals surface area contributed by atoms with Gasteiger partial charge in [0.1, 0.15) is 0 Å². The average Bonchev–Trinajstić information content (AvgIpc) is 3.22. The standard InChI is InChI=1S/C18H18N6OS/c25-17(21-18-20-8-10-26-18)14-4-2-9-24(12-14)16-6-5-15(22-23-16)13-3-1-7-19-11-13/h1,3,5-8,10-11,14H,2,4,9,12H2,(H,20,21,25). The number of hydrogen-bond acceptors (Lipinski definition) is 7. The maximum absolute atomic E-state index is 12.5. The molecule has 0 aliphatic carbocycles. The van der Waals surface area contributed by atoms with Crippen LogP contribution in [0.15, 0.2) is 48.2 Å². The summed E-state index contributed by atoms with van der Waals surface area (Å²) >= 11 is 1.43. The van der Waals surface area contributed by atoms with Gasteiger partial charge in [-0.25, -0.2) is 4.98 Å². The lowest BCUT2D eigenvalue weighted by Crippen LogP contribution is -2.41. The zero-order valence-corrected chi connectivity index (χ0v) is 14.9. The van der Waals surface area contributed by atoms with Crippen LogP contribution in [0.1, 0.15) is 12.8 Å². The molecule has 132 valence electrons. The van der Waals surface area contributed by atoms with Gasteiger partial charge in [-0.15, -0.1) is 21.5 Å². The van der Waals surface area contributed by atoms with E-state index in [2.05, 4.69) is 30.4 Å². The van der Waals surface area contributed by atoms with Crippen LogP contribution in [0.5, 0.6) is 0 Å². The molecule has 0 bridgehead atoms. The molecule has 1 atom stereocenters. The summed E-state index contributed by atoms with van der Waals surface area (Å²) in [7, 11) is 0. The van der Waals surface area contributed by atoms with E-state index in [4.69, 9.17) is 0 Å². The normalized spacial score (nSPS) is 17.1. The molecule has 1 fully saturated rings. The molecule has 1 saturated heterocycles. The lowest BCUT2D eigenvalue weighted by Gasteiger charge is -2.32. The number of pyridine rings is 1. The lowest BCUT2D eigenvalue weighted by molar-refractivity contribution is -0.120. The van der Waals surface area contributed by atoms with Gasteiger partial charge in [-0.2, -0.15) is 0 Å². The monoisotopic (exact) mass is 366 g/mol. The van der Waals surface area contributed by atoms with Gasteiger partial charge in [-0.1, -0.05) is 0 Å². The van der Waals surface area contributed by atoms with Crippen molar-refractivity contribution in [3.63, 3.8) is 0 Å². The van der Waals surface area contributed by atoms with Crippen molar-refractivity contribution in [2.75, 3.05) is 23.3 Å². The third kappa shape index (κ3) is 3.70. The van der Waals surface area contributed by atoms with Crippen molar-refractivity contribution in [1.29, 1.82) is 0 Å². The van der Waals surface area contributed by atoms with E-state index in [1.54, 1.807) is 18.6 Å². The Kier molecular flexibility index (Phi) is 4.83. The first-order valence-electron chi connectivity index (χ1n) is 8.49. The van der Waals surface area contributed by atoms with Crippen molar-refractivity contribution in [3.8, 4) is 11.3 Å². The molecule has 3 aromatic rings. The predicted molar refractivity (Wildman–Crippen MR) is 101 cm³/mol. The van der Waals surface area contributed by atoms with Crippen molar-refractivity contribution in [2.45, 2.75) is 12.8 Å². The summed E-state index contributed by atoms with van der Waals surface area (Å²) in [6.45, 7) is 1.51. The molecule has 1 aliphatic rings. The number of carbonyl (C=O) groups is 1. The van der Waals surface area contributed by atoms with Crippen molar-refractivity contribution in [3.05, 3.63) is 48.2 Å². The summed E-state index contributed by atoms with van der Waals surface area (Å²) in [5, 5.41) is 14.1. The number of hydrogen-bond donors (Lipinski definition) is 1. The van der Waals surface area contributed by atoms with Gasteiger partial charge in [-0.05, 0) is 37.1 Å². The summed E-state index contributed by atoms with van der Waals surface area (Å²) < 4.78 is 0. The molecule has 4 heterocycles. The number of carbonyl (C=O) groups excluding carboxylic acids is 1. The van der Waals surface area contributed by atoms with Crippen LogP contribution in [0.3, 0.4) is 0 Å². The van der Waals surface area contributed by atoms with Crippen LogP contribution in [-0.4, -0.2) is 39.2 Å². The topological polar surface area (TPSA) is 83.9 Å². The number of amides is 1. The van der Waals surface area contributed by atoms with Gasteiger partial charge in [0.15, 0.2) is 10.9 Å². The summed E-state index contributed by atoms with van der Waals surface area (Å²) in [5.74, 6) is 0.737. The van der Waals surface area contributed by atoms with E-state index >= 15 is 0 Å². The van der Waals surface area contributed by atoms with E-state index < -0.39 is 0 Å². The number of piperidine rings is 1. The van der Waals surface area contributed by atoms with Gasteiger partial charge < -0.3 is 10.2 Å². The van der Waals surface area contributed by atoms with Crippen LogP contribution in [0.4, 0.5) is 10.9 Å². The fourth-order valence-electron chi connectivity index (χ4n) is 3.05. The van der Waals surface area contributed by atoms with Gasteiger partial charge in [0, 0.05) is 42.6 Å². The number of anilines is 2. The largest absolute Gasteiger partial charge is 0.354 e. The maximum Gasteiger partial charge on any atom is 0.231 e. The Morgan fingerprint density at radius 1 is 1.23 bits per heavy atom. The highest BCUT2D eigenvalue weighted by Crippen LogP contribution is 2.24. The van der Waals surface area contributed by atoms with Crippen molar-refractivity contribution >= 4 is 28.2 Å². The Hall–Kier alpha value is -2.87. The smallest absolute Gasteiger partial charge is 0.231 e. The number of thiazole rings is 1. The van der Waals surface area contributed by atoms with Gasteiger partial charge >= 0.3 is 0 Å². The molecule has 1 aliphatic heterocycles. The Balaban J connectivity index is 1.43. The number of nitrogens with one attached hydrogen (secondary N) is 1. The van der Waals surface area contributed by atoms with Crippen molar-refractivity contribution in [1.82, 2.24) is 20.2 Å². The second kappa shape index (κ2) is 7.57. The van der Waals surface area contributed by atoms with Gasteiger partial charge in [-0.3, -0.25) is 9.78 Å². The molecule has 0 radical (unpaired) electrons. The quantitative estimate of drug-likeness (QED) is 0.764. The van der Waals surface area contributed by atoms with Gasteiger partial charge in [0.2, 0.25) is 5.91 Å². The zero-order valence-electron chi connectivity index (χ0n) is 14.1. The van der Waals surface area contributed by atoms with Crippen LogP contribution in [0, 0.1) is 5.92 Å². The predicted octanol–water partition coefficient (Wildman–Crippen LogP) is 2.85. The van der Waals surface area contributed by atoms with Crippen LogP contribution < -0.4 is 10.2 Å². The first kappa shape index (κ1) is 16.6. The molecule has 1 unspecified atom stereocenters. The molecular formula is C18H18N6OS. The van der Waals surface area contributed by atoms with E-state index in [-0.39, 0.29) is 11.8 Å². The van der Waals surface area contributed by atoms with Crippen LogP contribution in [0.25, 0.3) is 11.3 Å². The van der Waals surface area contributed by atoms with Crippen molar-refractivity contribution in [2.24, 2.45) is 5.92 Å². The van der Waals surface area contributed by atoms with E-state index in [1.807, 2.05) is 29.6 Å². The summed E-state index contributed by atoms with van der Waals surface area (Å²) in [4.78, 5) is 22.8. The first-order valence-corrected chi connectivity index (χ1v) is 9.37. The van der Waals surface area contributed by atoms with Crippen LogP contribution >= 0.6 is 11.3 Å². The highest BCUT2D eigenvalue weighted by atomic mass is 32.1. The van der Waals surface area contributed by atoms with Crippen LogP contribution in [-0.2, 0) is 4.79 Å². The number of nitrogens with zero attached hydrogens (tertiary/aromatic N) is 5. The van der Waals surface area contributed by atoms with Crippen LogP contribution in [0.2, 0.25) is 0 Å². The fourth-order valence-corrected chi connectivity index (χ4v) is 3.59. The summed E-state index contributed by atoms with van der Waals surface area (Å²) in [6.07, 6.45) is 7.00. The number of aromatic nitrogens is 4. The fraction of sp³-hybridized carbons (Fsp3) is 0.278. The highest BCUT2D eigenvalue weighted by Gasteiger charge is 2.27. The lowest BCUT2D eigenvalue weighted by atomic mass is 9.97. The third-order valence-corrected chi connectivity index (χ3v) is 5.07. The second-order valence-electron chi connectivity index (χ2n) is 6.13. The molecule has 26 heavy (non-hydrogen) atoms. The molecule has 3 aromatic heterocycles. The molecule has 7 nitrogen and oxygen atoms in total.